The molecule has 1 aromatic carbocycles. The normalized spacial score (nSPS) is 14.8. The summed E-state index contributed by atoms with van der Waals surface area (Å²) in [6.45, 7) is -0.150. The van der Waals surface area contributed by atoms with Gasteiger partial charge in [-0.25, -0.2) is 4.39 Å². The molecule has 16 heavy (non-hydrogen) atoms. The van der Waals surface area contributed by atoms with Gasteiger partial charge in [-0.3, -0.25) is 0 Å². The Bertz CT molecular complexity index is 346. The molecule has 0 aromatic heterocycles. The molecule has 0 saturated heterocycles. The molecule has 0 fully saturated rings. The maximum atomic E-state index is 13.3. The molecule has 1 aromatic rings. The monoisotopic (exact) mass is 229 g/mol. The Morgan fingerprint density at radius 1 is 1.31 bits per heavy atom. The van der Waals surface area contributed by atoms with Gasteiger partial charge in [-0.05, 0) is 18.1 Å². The third kappa shape index (κ3) is 2.99. The number of halogens is 1. The molecule has 0 spiro atoms. The van der Waals surface area contributed by atoms with Crippen molar-refractivity contribution < 1.29 is 19.7 Å². The SMILES string of the molecule is NCc1ccc(C(O)C(O)CCO)cc1F. The van der Waals surface area contributed by atoms with Crippen LogP contribution in [0.1, 0.15) is 23.7 Å². The highest BCUT2D eigenvalue weighted by molar-refractivity contribution is 5.26. The first-order valence-electron chi connectivity index (χ1n) is 5.05. The van der Waals surface area contributed by atoms with Gasteiger partial charge < -0.3 is 21.1 Å². The molecular weight excluding hydrogens is 213 g/mol. The number of nitrogens with two attached hydrogens (primary N) is 1. The van der Waals surface area contributed by atoms with Gasteiger partial charge in [0.15, 0.2) is 0 Å². The fraction of sp³-hybridized carbons (Fsp3) is 0.455. The van der Waals surface area contributed by atoms with Crippen molar-refractivity contribution in [1.29, 1.82) is 0 Å². The zero-order chi connectivity index (χ0) is 12.1. The Balaban J connectivity index is 2.84. The summed E-state index contributed by atoms with van der Waals surface area (Å²) >= 11 is 0. The summed E-state index contributed by atoms with van der Waals surface area (Å²) in [6, 6.07) is 4.13. The zero-order valence-electron chi connectivity index (χ0n) is 8.81. The van der Waals surface area contributed by atoms with E-state index in [1.54, 1.807) is 0 Å². The minimum Gasteiger partial charge on any atom is -0.396 e. The van der Waals surface area contributed by atoms with Gasteiger partial charge in [0.2, 0.25) is 0 Å². The Kier molecular flexibility index (Phi) is 4.82. The van der Waals surface area contributed by atoms with Gasteiger partial charge in [0.25, 0.3) is 0 Å². The topological polar surface area (TPSA) is 86.7 Å². The van der Waals surface area contributed by atoms with E-state index < -0.39 is 18.0 Å². The van der Waals surface area contributed by atoms with Crippen LogP contribution < -0.4 is 5.73 Å². The first kappa shape index (κ1) is 13.1. The van der Waals surface area contributed by atoms with E-state index in [1.807, 2.05) is 0 Å². The van der Waals surface area contributed by atoms with Crippen molar-refractivity contribution in [3.63, 3.8) is 0 Å². The molecular formula is C11H16FNO3. The molecule has 2 unspecified atom stereocenters. The van der Waals surface area contributed by atoms with E-state index in [9.17, 15) is 14.6 Å². The van der Waals surface area contributed by atoms with Crippen LogP contribution in [-0.2, 0) is 6.54 Å². The van der Waals surface area contributed by atoms with Crippen LogP contribution in [-0.4, -0.2) is 28.0 Å². The third-order valence-electron chi connectivity index (χ3n) is 2.43. The molecule has 5 heteroatoms. The summed E-state index contributed by atoms with van der Waals surface area (Å²) in [5, 5.41) is 27.7. The van der Waals surface area contributed by atoms with Crippen LogP contribution in [0, 0.1) is 5.82 Å². The molecule has 0 aliphatic heterocycles. The largest absolute Gasteiger partial charge is 0.396 e. The van der Waals surface area contributed by atoms with Crippen LogP contribution in [0.15, 0.2) is 18.2 Å². The number of aliphatic hydroxyl groups excluding tert-OH is 3. The van der Waals surface area contributed by atoms with Crippen LogP contribution >= 0.6 is 0 Å². The summed E-state index contributed by atoms with van der Waals surface area (Å²) in [6.07, 6.45) is -2.26. The van der Waals surface area contributed by atoms with Crippen molar-refractivity contribution >= 4 is 0 Å². The van der Waals surface area contributed by atoms with E-state index in [4.69, 9.17) is 10.8 Å². The molecule has 0 saturated carbocycles. The molecule has 1 rings (SSSR count). The van der Waals surface area contributed by atoms with E-state index >= 15 is 0 Å². The molecule has 0 aliphatic carbocycles. The molecule has 0 aliphatic rings. The number of benzene rings is 1. The maximum absolute atomic E-state index is 13.3. The number of hydrogen-bond donors (Lipinski definition) is 4. The number of rotatable bonds is 5. The van der Waals surface area contributed by atoms with Gasteiger partial charge in [-0.1, -0.05) is 12.1 Å². The van der Waals surface area contributed by atoms with Gasteiger partial charge in [0, 0.05) is 18.7 Å². The summed E-state index contributed by atoms with van der Waals surface area (Å²) in [4.78, 5) is 0. The Hall–Kier alpha value is -1.01. The van der Waals surface area contributed by atoms with Crippen LogP contribution in [0.5, 0.6) is 0 Å². The van der Waals surface area contributed by atoms with Crippen molar-refractivity contribution in [2.75, 3.05) is 6.61 Å². The Morgan fingerprint density at radius 2 is 2.00 bits per heavy atom. The first-order valence-corrected chi connectivity index (χ1v) is 5.05. The van der Waals surface area contributed by atoms with E-state index in [0.717, 1.165) is 6.07 Å². The average molecular weight is 229 g/mol. The lowest BCUT2D eigenvalue weighted by molar-refractivity contribution is 0.00407. The predicted octanol–water partition coefficient (Wildman–Crippen LogP) is 0.0611. The highest BCUT2D eigenvalue weighted by atomic mass is 19.1. The van der Waals surface area contributed by atoms with E-state index in [2.05, 4.69) is 0 Å². The lowest BCUT2D eigenvalue weighted by Crippen LogP contribution is -2.19. The Labute approximate surface area is 93.1 Å². The summed E-state index contributed by atoms with van der Waals surface area (Å²) in [7, 11) is 0. The van der Waals surface area contributed by atoms with Crippen molar-refractivity contribution in [3.05, 3.63) is 35.1 Å². The summed E-state index contributed by atoms with van der Waals surface area (Å²) in [5.41, 5.74) is 5.93. The van der Waals surface area contributed by atoms with Gasteiger partial charge in [0.05, 0.1) is 6.10 Å². The van der Waals surface area contributed by atoms with E-state index in [1.165, 1.54) is 12.1 Å². The van der Waals surface area contributed by atoms with Gasteiger partial charge in [0.1, 0.15) is 11.9 Å². The van der Waals surface area contributed by atoms with Crippen LogP contribution in [0.2, 0.25) is 0 Å². The minimum absolute atomic E-state index is 0.0431. The zero-order valence-corrected chi connectivity index (χ0v) is 8.81. The van der Waals surface area contributed by atoms with E-state index in [-0.39, 0.29) is 25.1 Å². The van der Waals surface area contributed by atoms with E-state index in [0.29, 0.717) is 5.56 Å². The molecule has 4 nitrogen and oxygen atoms in total. The molecule has 5 N–H and O–H groups in total. The maximum Gasteiger partial charge on any atom is 0.128 e. The second kappa shape index (κ2) is 5.91. The van der Waals surface area contributed by atoms with Crippen molar-refractivity contribution in [1.82, 2.24) is 0 Å². The number of aliphatic hydroxyl groups is 3. The summed E-state index contributed by atoms with van der Waals surface area (Å²) < 4.78 is 13.3. The van der Waals surface area contributed by atoms with Crippen LogP contribution in [0.25, 0.3) is 0 Å². The molecule has 90 valence electrons. The fourth-order valence-electron chi connectivity index (χ4n) is 1.43. The quantitative estimate of drug-likeness (QED) is 0.575. The highest BCUT2D eigenvalue weighted by Gasteiger charge is 2.18. The van der Waals surface area contributed by atoms with Gasteiger partial charge in [-0.15, -0.1) is 0 Å². The molecule has 0 bridgehead atoms. The van der Waals surface area contributed by atoms with Crippen molar-refractivity contribution in [2.24, 2.45) is 5.73 Å². The number of hydrogen-bond acceptors (Lipinski definition) is 4. The Morgan fingerprint density at radius 3 is 2.50 bits per heavy atom. The van der Waals surface area contributed by atoms with Crippen molar-refractivity contribution in [2.45, 2.75) is 25.2 Å². The fourth-order valence-corrected chi connectivity index (χ4v) is 1.43. The third-order valence-corrected chi connectivity index (χ3v) is 2.43. The van der Waals surface area contributed by atoms with Gasteiger partial charge in [-0.2, -0.15) is 0 Å². The van der Waals surface area contributed by atoms with Crippen molar-refractivity contribution in [3.8, 4) is 0 Å². The first-order chi connectivity index (χ1) is 7.60. The standard InChI is InChI=1S/C11H16FNO3/c12-9-5-7(1-2-8(9)6-13)11(16)10(15)3-4-14/h1-2,5,10-11,14-16H,3-4,6,13H2. The predicted molar refractivity (Wildman–Crippen MR) is 57.0 cm³/mol. The summed E-state index contributed by atoms with van der Waals surface area (Å²) in [5.74, 6) is -0.504. The smallest absolute Gasteiger partial charge is 0.128 e. The minimum atomic E-state index is -1.20. The molecule has 2 atom stereocenters. The lowest BCUT2D eigenvalue weighted by atomic mass is 10.0. The highest BCUT2D eigenvalue weighted by Crippen LogP contribution is 2.21. The molecule has 0 amide bonds. The van der Waals surface area contributed by atoms with Gasteiger partial charge >= 0.3 is 0 Å². The average Bonchev–Trinajstić information content (AvgIpc) is 2.28. The lowest BCUT2D eigenvalue weighted by Gasteiger charge is -2.17. The second-order valence-corrected chi connectivity index (χ2v) is 3.58. The molecule has 0 heterocycles. The van der Waals surface area contributed by atoms with Crippen LogP contribution in [0.3, 0.4) is 0 Å². The molecule has 0 radical (unpaired) electrons. The second-order valence-electron chi connectivity index (χ2n) is 3.58. The van der Waals surface area contributed by atoms with Crippen LogP contribution in [0.4, 0.5) is 4.39 Å².